The highest BCUT2D eigenvalue weighted by Gasteiger charge is 2.20. The zero-order chi connectivity index (χ0) is 14.1. The SMILES string of the molecule is NNc1n[nH]c(=S)n1N=C1c2ccccc2C=CC1O. The molecule has 1 aliphatic carbocycles. The number of benzene rings is 1. The lowest BCUT2D eigenvalue weighted by Gasteiger charge is -2.17. The Balaban J connectivity index is 2.18. The Morgan fingerprint density at radius 3 is 3.05 bits per heavy atom. The lowest BCUT2D eigenvalue weighted by molar-refractivity contribution is 0.288. The fraction of sp³-hybridized carbons (Fsp3) is 0.0833. The van der Waals surface area contributed by atoms with E-state index in [0.29, 0.717) is 5.71 Å². The van der Waals surface area contributed by atoms with E-state index in [1.54, 1.807) is 6.08 Å². The molecule has 102 valence electrons. The van der Waals surface area contributed by atoms with Gasteiger partial charge in [-0.05, 0) is 23.9 Å². The molecule has 0 radical (unpaired) electrons. The van der Waals surface area contributed by atoms with Gasteiger partial charge in [-0.1, -0.05) is 30.3 Å². The van der Waals surface area contributed by atoms with Crippen molar-refractivity contribution in [1.82, 2.24) is 14.9 Å². The van der Waals surface area contributed by atoms with Gasteiger partial charge in [-0.25, -0.2) is 10.9 Å². The van der Waals surface area contributed by atoms with Crippen LogP contribution in [0.3, 0.4) is 0 Å². The molecule has 2 aromatic rings. The molecule has 5 N–H and O–H groups in total. The Bertz CT molecular complexity index is 759. The lowest BCUT2D eigenvalue weighted by atomic mass is 9.94. The number of hydrogen-bond donors (Lipinski definition) is 4. The van der Waals surface area contributed by atoms with Crippen LogP contribution in [0.25, 0.3) is 6.08 Å². The van der Waals surface area contributed by atoms with Crippen LogP contribution in [0.4, 0.5) is 5.95 Å². The van der Waals surface area contributed by atoms with Crippen molar-refractivity contribution in [2.75, 3.05) is 5.43 Å². The Morgan fingerprint density at radius 1 is 1.45 bits per heavy atom. The van der Waals surface area contributed by atoms with Gasteiger partial charge in [0, 0.05) is 5.56 Å². The largest absolute Gasteiger partial charge is 0.383 e. The van der Waals surface area contributed by atoms with Crippen molar-refractivity contribution in [2.24, 2.45) is 10.9 Å². The Kier molecular flexibility index (Phi) is 3.18. The first-order valence-electron chi connectivity index (χ1n) is 5.89. The number of nitrogen functional groups attached to an aromatic ring is 1. The summed E-state index contributed by atoms with van der Waals surface area (Å²) in [5.74, 6) is 5.62. The van der Waals surface area contributed by atoms with Gasteiger partial charge in [0.05, 0.1) is 0 Å². The van der Waals surface area contributed by atoms with Crippen molar-refractivity contribution in [3.05, 3.63) is 46.2 Å². The number of nitrogens with two attached hydrogens (primary N) is 1. The zero-order valence-corrected chi connectivity index (χ0v) is 11.1. The predicted molar refractivity (Wildman–Crippen MR) is 78.6 cm³/mol. The fourth-order valence-electron chi connectivity index (χ4n) is 2.02. The molecule has 0 spiro atoms. The second kappa shape index (κ2) is 5.00. The minimum absolute atomic E-state index is 0.265. The Labute approximate surface area is 119 Å². The molecule has 20 heavy (non-hydrogen) atoms. The number of hydrogen-bond acceptors (Lipinski definition) is 6. The van der Waals surface area contributed by atoms with Crippen LogP contribution in [0.5, 0.6) is 0 Å². The standard InChI is InChI=1S/C12H12N6OS/c13-14-11-15-16-12(20)18(11)17-10-8-4-2-1-3-7(8)5-6-9(10)19/h1-6,9,19H,13H2,(H,14,15)(H,16,20). The van der Waals surface area contributed by atoms with Gasteiger partial charge in [0.25, 0.3) is 5.95 Å². The Hall–Kier alpha value is -2.29. The summed E-state index contributed by atoms with van der Waals surface area (Å²) in [6, 6.07) is 7.65. The minimum Gasteiger partial charge on any atom is -0.383 e. The van der Waals surface area contributed by atoms with Crippen LogP contribution in [0.1, 0.15) is 11.1 Å². The number of nitrogens with zero attached hydrogens (tertiary/aromatic N) is 3. The van der Waals surface area contributed by atoms with Crippen molar-refractivity contribution in [1.29, 1.82) is 0 Å². The number of rotatable bonds is 2. The first-order chi connectivity index (χ1) is 9.70. The van der Waals surface area contributed by atoms with Crippen LogP contribution in [-0.4, -0.2) is 31.8 Å². The molecule has 0 bridgehead atoms. The normalized spacial score (nSPS) is 19.1. The monoisotopic (exact) mass is 288 g/mol. The van der Waals surface area contributed by atoms with Crippen LogP contribution in [-0.2, 0) is 0 Å². The van der Waals surface area contributed by atoms with E-state index in [-0.39, 0.29) is 10.7 Å². The van der Waals surface area contributed by atoms with Gasteiger partial charge in [-0.2, -0.15) is 9.78 Å². The van der Waals surface area contributed by atoms with Gasteiger partial charge < -0.3 is 5.11 Å². The number of hydrazine groups is 1. The summed E-state index contributed by atoms with van der Waals surface area (Å²) in [6.07, 6.45) is 2.71. The molecule has 3 rings (SSSR count). The molecule has 1 aliphatic rings. The zero-order valence-electron chi connectivity index (χ0n) is 10.3. The average molecular weight is 288 g/mol. The molecule has 0 saturated heterocycles. The van der Waals surface area contributed by atoms with E-state index in [2.05, 4.69) is 20.7 Å². The van der Waals surface area contributed by atoms with Gasteiger partial charge in [0.1, 0.15) is 11.8 Å². The van der Waals surface area contributed by atoms with Crippen LogP contribution >= 0.6 is 12.2 Å². The maximum absolute atomic E-state index is 10.1. The molecular weight excluding hydrogens is 276 g/mol. The predicted octanol–water partition coefficient (Wildman–Crippen LogP) is 0.866. The number of aromatic nitrogens is 3. The summed E-state index contributed by atoms with van der Waals surface area (Å²) in [7, 11) is 0. The average Bonchev–Trinajstić information content (AvgIpc) is 2.82. The minimum atomic E-state index is -0.813. The van der Waals surface area contributed by atoms with Gasteiger partial charge in [0.15, 0.2) is 0 Å². The van der Waals surface area contributed by atoms with Gasteiger partial charge in [0.2, 0.25) is 4.77 Å². The first kappa shape index (κ1) is 12.7. The van der Waals surface area contributed by atoms with Gasteiger partial charge in [-0.15, -0.1) is 5.10 Å². The van der Waals surface area contributed by atoms with Crippen LogP contribution in [0, 0.1) is 4.77 Å². The molecule has 8 heteroatoms. The highest BCUT2D eigenvalue weighted by Crippen LogP contribution is 2.20. The molecule has 0 saturated carbocycles. The molecular formula is C12H12N6OS. The van der Waals surface area contributed by atoms with E-state index >= 15 is 0 Å². The summed E-state index contributed by atoms with van der Waals surface area (Å²) in [4.78, 5) is 0. The summed E-state index contributed by atoms with van der Waals surface area (Å²) < 4.78 is 1.62. The molecule has 1 aromatic heterocycles. The molecule has 0 aliphatic heterocycles. The number of nitrogens with one attached hydrogen (secondary N) is 2. The highest BCUT2D eigenvalue weighted by molar-refractivity contribution is 7.71. The molecule has 7 nitrogen and oxygen atoms in total. The van der Waals surface area contributed by atoms with E-state index in [9.17, 15) is 5.11 Å². The third-order valence-corrected chi connectivity index (χ3v) is 3.23. The van der Waals surface area contributed by atoms with E-state index in [1.165, 1.54) is 4.68 Å². The Morgan fingerprint density at radius 2 is 2.25 bits per heavy atom. The van der Waals surface area contributed by atoms with Gasteiger partial charge >= 0.3 is 0 Å². The van der Waals surface area contributed by atoms with E-state index in [0.717, 1.165) is 11.1 Å². The molecule has 1 aromatic carbocycles. The summed E-state index contributed by atoms with van der Waals surface area (Å²) in [5.41, 5.74) is 4.70. The summed E-state index contributed by atoms with van der Waals surface area (Å²) in [5, 5.41) is 21.0. The summed E-state index contributed by atoms with van der Waals surface area (Å²) >= 11 is 5.09. The molecule has 0 amide bonds. The first-order valence-corrected chi connectivity index (χ1v) is 6.30. The van der Waals surface area contributed by atoms with Crippen molar-refractivity contribution >= 4 is 30.0 Å². The molecule has 1 unspecified atom stereocenters. The smallest absolute Gasteiger partial charge is 0.258 e. The number of aliphatic hydroxyl groups is 1. The highest BCUT2D eigenvalue weighted by atomic mass is 32.1. The quantitative estimate of drug-likeness (QED) is 0.373. The number of aliphatic hydroxyl groups excluding tert-OH is 1. The second-order valence-corrected chi connectivity index (χ2v) is 4.57. The van der Waals surface area contributed by atoms with Crippen molar-refractivity contribution in [3.63, 3.8) is 0 Å². The lowest BCUT2D eigenvalue weighted by Crippen LogP contribution is -2.24. The number of anilines is 1. The number of H-pyrrole nitrogens is 1. The molecule has 1 atom stereocenters. The van der Waals surface area contributed by atoms with E-state index in [4.69, 9.17) is 18.1 Å². The van der Waals surface area contributed by atoms with E-state index < -0.39 is 6.10 Å². The van der Waals surface area contributed by atoms with Crippen LogP contribution < -0.4 is 11.3 Å². The third-order valence-electron chi connectivity index (χ3n) is 2.96. The fourth-order valence-corrected chi connectivity index (χ4v) is 2.19. The maximum Gasteiger partial charge on any atom is 0.258 e. The van der Waals surface area contributed by atoms with Crippen LogP contribution in [0.2, 0.25) is 0 Å². The van der Waals surface area contributed by atoms with E-state index in [1.807, 2.05) is 30.3 Å². The van der Waals surface area contributed by atoms with Crippen LogP contribution in [0.15, 0.2) is 35.4 Å². The maximum atomic E-state index is 10.1. The van der Waals surface area contributed by atoms with Crippen molar-refractivity contribution < 1.29 is 5.11 Å². The van der Waals surface area contributed by atoms with Gasteiger partial charge in [-0.3, -0.25) is 5.43 Å². The number of aromatic amines is 1. The molecule has 0 fully saturated rings. The van der Waals surface area contributed by atoms with Crippen molar-refractivity contribution in [3.8, 4) is 0 Å². The van der Waals surface area contributed by atoms with Crippen molar-refractivity contribution in [2.45, 2.75) is 6.10 Å². The second-order valence-electron chi connectivity index (χ2n) is 4.18. The number of fused-ring (bicyclic) bond motifs is 1. The summed E-state index contributed by atoms with van der Waals surface area (Å²) in [6.45, 7) is 0. The molecule has 1 heterocycles. The topological polar surface area (TPSA) is 104 Å². The third kappa shape index (κ3) is 2.05.